The van der Waals surface area contributed by atoms with Gasteiger partial charge in [-0.3, -0.25) is 9.59 Å². The van der Waals surface area contributed by atoms with Gasteiger partial charge in [-0.05, 0) is 49.0 Å². The van der Waals surface area contributed by atoms with Crippen LogP contribution in [0.4, 0.5) is 11.4 Å². The van der Waals surface area contributed by atoms with Crippen molar-refractivity contribution in [1.29, 1.82) is 0 Å². The number of carbonyl (C=O) groups excluding carboxylic acids is 2. The SMILES string of the molecule is CN1CCN(C(=O)c2ccc(N/C(=C3\C(=O)Nc4cc(Br)ccc43)c3ccccc3)cc2)CC1. The molecule has 5 rings (SSSR count). The van der Waals surface area contributed by atoms with E-state index in [2.05, 4.69) is 38.5 Å². The van der Waals surface area contributed by atoms with Gasteiger partial charge in [-0.15, -0.1) is 0 Å². The van der Waals surface area contributed by atoms with Gasteiger partial charge in [-0.1, -0.05) is 52.3 Å². The van der Waals surface area contributed by atoms with Gasteiger partial charge in [0.1, 0.15) is 0 Å². The summed E-state index contributed by atoms with van der Waals surface area (Å²) < 4.78 is 0.905. The average molecular weight is 517 g/mol. The Hall–Kier alpha value is -3.42. The average Bonchev–Trinajstić information content (AvgIpc) is 3.18. The first kappa shape index (κ1) is 22.4. The molecule has 6 nitrogen and oxygen atoms in total. The van der Waals surface area contributed by atoms with Gasteiger partial charge in [0.2, 0.25) is 0 Å². The lowest BCUT2D eigenvalue weighted by molar-refractivity contribution is -0.110. The number of carbonyl (C=O) groups is 2. The smallest absolute Gasteiger partial charge is 0.258 e. The van der Waals surface area contributed by atoms with E-state index in [1.165, 1.54) is 0 Å². The molecule has 0 spiro atoms. The summed E-state index contributed by atoms with van der Waals surface area (Å²) >= 11 is 3.47. The fraction of sp³-hybridized carbons (Fsp3) is 0.185. The molecule has 7 heteroatoms. The van der Waals surface area contributed by atoms with Crippen molar-refractivity contribution in [3.8, 4) is 0 Å². The Morgan fingerprint density at radius 1 is 0.912 bits per heavy atom. The van der Waals surface area contributed by atoms with Crippen LogP contribution >= 0.6 is 15.9 Å². The molecule has 3 aromatic carbocycles. The number of likely N-dealkylation sites (N-methyl/N-ethyl adjacent to an activating group) is 1. The highest BCUT2D eigenvalue weighted by atomic mass is 79.9. The quantitative estimate of drug-likeness (QED) is 0.490. The van der Waals surface area contributed by atoms with E-state index in [4.69, 9.17) is 0 Å². The molecule has 2 N–H and O–H groups in total. The normalized spacial score (nSPS) is 17.2. The van der Waals surface area contributed by atoms with Crippen molar-refractivity contribution in [1.82, 2.24) is 9.80 Å². The lowest BCUT2D eigenvalue weighted by atomic mass is 10.00. The van der Waals surface area contributed by atoms with Crippen LogP contribution in [0.15, 0.2) is 77.3 Å². The number of hydrogen-bond acceptors (Lipinski definition) is 4. The second kappa shape index (κ2) is 9.44. The summed E-state index contributed by atoms with van der Waals surface area (Å²) in [6, 6.07) is 23.0. The molecule has 2 amide bonds. The molecule has 172 valence electrons. The Bertz CT molecular complexity index is 1260. The lowest BCUT2D eigenvalue weighted by Gasteiger charge is -2.32. The third kappa shape index (κ3) is 4.49. The molecule has 0 bridgehead atoms. The van der Waals surface area contributed by atoms with Crippen molar-refractivity contribution >= 4 is 50.4 Å². The maximum absolute atomic E-state index is 13.0. The van der Waals surface area contributed by atoms with Crippen molar-refractivity contribution in [2.24, 2.45) is 0 Å². The van der Waals surface area contributed by atoms with E-state index < -0.39 is 0 Å². The number of anilines is 2. The molecular weight excluding hydrogens is 492 g/mol. The number of rotatable bonds is 4. The summed E-state index contributed by atoms with van der Waals surface area (Å²) in [5.41, 5.74) is 5.31. The number of nitrogens with zero attached hydrogens (tertiary/aromatic N) is 2. The van der Waals surface area contributed by atoms with Crippen molar-refractivity contribution in [3.05, 3.63) is 94.0 Å². The first-order chi connectivity index (χ1) is 16.5. The van der Waals surface area contributed by atoms with E-state index in [0.717, 1.165) is 58.9 Å². The number of amides is 2. The molecule has 1 fully saturated rings. The van der Waals surface area contributed by atoms with Crippen molar-refractivity contribution < 1.29 is 9.59 Å². The Morgan fingerprint density at radius 3 is 2.32 bits per heavy atom. The second-order valence-corrected chi connectivity index (χ2v) is 9.47. The number of piperazine rings is 1. The summed E-state index contributed by atoms with van der Waals surface area (Å²) in [4.78, 5) is 30.0. The largest absolute Gasteiger partial charge is 0.354 e. The van der Waals surface area contributed by atoms with Crippen LogP contribution in [0.2, 0.25) is 0 Å². The minimum Gasteiger partial charge on any atom is -0.354 e. The molecule has 0 atom stereocenters. The Balaban J connectivity index is 1.46. The highest BCUT2D eigenvalue weighted by Gasteiger charge is 2.28. The predicted molar refractivity (Wildman–Crippen MR) is 139 cm³/mol. The summed E-state index contributed by atoms with van der Waals surface area (Å²) in [5.74, 6) is -0.0997. The Morgan fingerprint density at radius 2 is 1.62 bits per heavy atom. The zero-order valence-electron chi connectivity index (χ0n) is 18.8. The first-order valence-corrected chi connectivity index (χ1v) is 12.0. The monoisotopic (exact) mass is 516 g/mol. The standard InChI is InChI=1S/C27H25BrN4O2/c1-31-13-15-32(16-14-31)27(34)19-7-10-21(11-8-19)29-25(18-5-3-2-4-6-18)24-22-12-9-20(28)17-23(22)30-26(24)33/h2-12,17,29H,13-16H2,1H3,(H,30,33)/b25-24-. The van der Waals surface area contributed by atoms with Crippen LogP contribution in [0.25, 0.3) is 11.3 Å². The topological polar surface area (TPSA) is 64.7 Å². The summed E-state index contributed by atoms with van der Waals surface area (Å²) in [5, 5.41) is 6.42. The van der Waals surface area contributed by atoms with Gasteiger partial charge >= 0.3 is 0 Å². The number of nitrogens with one attached hydrogen (secondary N) is 2. The van der Waals surface area contributed by atoms with E-state index in [9.17, 15) is 9.59 Å². The van der Waals surface area contributed by atoms with Crippen LogP contribution < -0.4 is 10.6 Å². The number of halogens is 1. The van der Waals surface area contributed by atoms with Gasteiger partial charge in [-0.2, -0.15) is 0 Å². The van der Waals surface area contributed by atoms with Crippen LogP contribution in [-0.4, -0.2) is 54.8 Å². The highest BCUT2D eigenvalue weighted by Crippen LogP contribution is 2.38. The van der Waals surface area contributed by atoms with Crippen molar-refractivity contribution in [3.63, 3.8) is 0 Å². The van der Waals surface area contributed by atoms with E-state index in [0.29, 0.717) is 11.1 Å². The Kier molecular flexibility index (Phi) is 6.22. The van der Waals surface area contributed by atoms with Gasteiger partial charge in [0.15, 0.2) is 0 Å². The van der Waals surface area contributed by atoms with Crippen molar-refractivity contribution in [2.75, 3.05) is 43.9 Å². The molecule has 0 unspecified atom stereocenters. The zero-order chi connectivity index (χ0) is 23.7. The summed E-state index contributed by atoms with van der Waals surface area (Å²) in [7, 11) is 2.07. The molecule has 0 aromatic heterocycles. The number of fused-ring (bicyclic) bond motifs is 1. The minimum absolute atomic E-state index is 0.0518. The van der Waals surface area contributed by atoms with E-state index >= 15 is 0 Å². The lowest BCUT2D eigenvalue weighted by Crippen LogP contribution is -2.47. The van der Waals surface area contributed by atoms with Crippen LogP contribution in [0.1, 0.15) is 21.5 Å². The molecule has 1 saturated heterocycles. The third-order valence-electron chi connectivity index (χ3n) is 6.23. The zero-order valence-corrected chi connectivity index (χ0v) is 20.4. The predicted octanol–water partition coefficient (Wildman–Crippen LogP) is 4.77. The number of benzene rings is 3. The molecule has 0 radical (unpaired) electrons. The Labute approximate surface area is 207 Å². The van der Waals surface area contributed by atoms with Gasteiger partial charge in [0.25, 0.3) is 11.8 Å². The van der Waals surface area contributed by atoms with Crippen LogP contribution in [0.3, 0.4) is 0 Å². The molecule has 34 heavy (non-hydrogen) atoms. The second-order valence-electron chi connectivity index (χ2n) is 8.56. The van der Waals surface area contributed by atoms with Gasteiger partial charge in [0, 0.05) is 47.5 Å². The highest BCUT2D eigenvalue weighted by molar-refractivity contribution is 9.10. The molecule has 0 aliphatic carbocycles. The minimum atomic E-state index is -0.152. The fourth-order valence-corrected chi connectivity index (χ4v) is 4.67. The third-order valence-corrected chi connectivity index (χ3v) is 6.72. The van der Waals surface area contributed by atoms with Gasteiger partial charge in [0.05, 0.1) is 17.0 Å². The molecule has 2 heterocycles. The number of hydrogen-bond donors (Lipinski definition) is 2. The van der Waals surface area contributed by atoms with Crippen molar-refractivity contribution in [2.45, 2.75) is 0 Å². The van der Waals surface area contributed by atoms with Crippen LogP contribution in [0, 0.1) is 0 Å². The van der Waals surface area contributed by atoms with Gasteiger partial charge in [-0.25, -0.2) is 0 Å². The fourth-order valence-electron chi connectivity index (χ4n) is 4.31. The molecule has 2 aliphatic rings. The first-order valence-electron chi connectivity index (χ1n) is 11.3. The summed E-state index contributed by atoms with van der Waals surface area (Å²) in [6.45, 7) is 3.26. The van der Waals surface area contributed by atoms with E-state index in [1.807, 2.05) is 77.7 Å². The maximum Gasteiger partial charge on any atom is 0.258 e. The molecule has 3 aromatic rings. The molecule has 0 saturated carbocycles. The molecular formula is C27H25BrN4O2. The van der Waals surface area contributed by atoms with Crippen LogP contribution in [-0.2, 0) is 4.79 Å². The van der Waals surface area contributed by atoms with E-state index in [1.54, 1.807) is 0 Å². The maximum atomic E-state index is 13.0. The molecule has 2 aliphatic heterocycles. The van der Waals surface area contributed by atoms with Gasteiger partial charge < -0.3 is 20.4 Å². The van der Waals surface area contributed by atoms with E-state index in [-0.39, 0.29) is 11.8 Å². The summed E-state index contributed by atoms with van der Waals surface area (Å²) in [6.07, 6.45) is 0. The van der Waals surface area contributed by atoms with Crippen LogP contribution in [0.5, 0.6) is 0 Å².